The van der Waals surface area contributed by atoms with Crippen LogP contribution in [-0.2, 0) is 4.79 Å². The molecular weight excluding hydrogens is 314 g/mol. The molecule has 2 aromatic carbocycles. The van der Waals surface area contributed by atoms with Crippen LogP contribution in [0.5, 0.6) is 0 Å². The lowest BCUT2D eigenvalue weighted by Gasteiger charge is -2.29. The van der Waals surface area contributed by atoms with E-state index in [1.807, 2.05) is 62.4 Å². The number of amides is 3. The van der Waals surface area contributed by atoms with Crippen molar-refractivity contribution < 1.29 is 9.59 Å². The fourth-order valence-electron chi connectivity index (χ4n) is 3.10. The number of allylic oxidation sites excluding steroid dienone is 1. The molecule has 0 aromatic heterocycles. The van der Waals surface area contributed by atoms with E-state index in [1.54, 1.807) is 6.92 Å². The predicted molar refractivity (Wildman–Crippen MR) is 98.1 cm³/mol. The highest BCUT2D eigenvalue weighted by Crippen LogP contribution is 2.30. The quantitative estimate of drug-likeness (QED) is 0.802. The summed E-state index contributed by atoms with van der Waals surface area (Å²) in [4.78, 5) is 24.9. The van der Waals surface area contributed by atoms with Gasteiger partial charge in [0, 0.05) is 11.4 Å². The van der Waals surface area contributed by atoms with Gasteiger partial charge in [-0.25, -0.2) is 4.79 Å². The van der Waals surface area contributed by atoms with Gasteiger partial charge in [0.1, 0.15) is 0 Å². The van der Waals surface area contributed by atoms with Crippen LogP contribution in [0.25, 0.3) is 0 Å². The summed E-state index contributed by atoms with van der Waals surface area (Å²) >= 11 is 0. The lowest BCUT2D eigenvalue weighted by atomic mass is 9.91. The number of nitrogens with one attached hydrogen (secondary N) is 3. The maximum absolute atomic E-state index is 12.9. The second kappa shape index (κ2) is 6.81. The number of urea groups is 1. The monoisotopic (exact) mass is 335 g/mol. The summed E-state index contributed by atoms with van der Waals surface area (Å²) in [5, 5.41) is 8.47. The Morgan fingerprint density at radius 1 is 1.04 bits per heavy atom. The van der Waals surface area contributed by atoms with Crippen LogP contribution in [0.1, 0.15) is 29.7 Å². The van der Waals surface area contributed by atoms with E-state index in [9.17, 15) is 9.59 Å². The molecule has 25 heavy (non-hydrogen) atoms. The SMILES string of the molecule is CC1=C(C(=O)Nc2ccccc2)[C@H](c2ccc(C)cc2C)NC(=O)N1. The highest BCUT2D eigenvalue weighted by atomic mass is 16.2. The molecule has 1 aliphatic heterocycles. The van der Waals surface area contributed by atoms with Crippen LogP contribution in [0.15, 0.2) is 59.8 Å². The summed E-state index contributed by atoms with van der Waals surface area (Å²) in [6.07, 6.45) is 0. The molecule has 0 saturated carbocycles. The molecule has 0 bridgehead atoms. The summed E-state index contributed by atoms with van der Waals surface area (Å²) in [7, 11) is 0. The van der Waals surface area contributed by atoms with Gasteiger partial charge in [-0.15, -0.1) is 0 Å². The largest absolute Gasteiger partial charge is 0.327 e. The molecule has 5 nitrogen and oxygen atoms in total. The Balaban J connectivity index is 1.99. The lowest BCUT2D eigenvalue weighted by Crippen LogP contribution is -2.46. The molecule has 3 rings (SSSR count). The van der Waals surface area contributed by atoms with Gasteiger partial charge < -0.3 is 16.0 Å². The first-order valence-electron chi connectivity index (χ1n) is 8.17. The summed E-state index contributed by atoms with van der Waals surface area (Å²) in [5.74, 6) is -0.235. The Kier molecular flexibility index (Phi) is 4.57. The highest BCUT2D eigenvalue weighted by Gasteiger charge is 2.31. The first-order valence-corrected chi connectivity index (χ1v) is 8.17. The topological polar surface area (TPSA) is 70.2 Å². The van der Waals surface area contributed by atoms with Crippen molar-refractivity contribution >= 4 is 17.6 Å². The molecule has 0 saturated heterocycles. The Labute approximate surface area is 147 Å². The molecule has 0 radical (unpaired) electrons. The van der Waals surface area contributed by atoms with Crippen molar-refractivity contribution in [3.63, 3.8) is 0 Å². The Morgan fingerprint density at radius 3 is 2.44 bits per heavy atom. The minimum absolute atomic E-state index is 0.235. The van der Waals surface area contributed by atoms with Crippen molar-refractivity contribution in [2.75, 3.05) is 5.32 Å². The number of hydrogen-bond acceptors (Lipinski definition) is 2. The summed E-state index contributed by atoms with van der Waals surface area (Å²) in [6, 6.07) is 14.5. The van der Waals surface area contributed by atoms with Crippen molar-refractivity contribution in [3.8, 4) is 0 Å². The first-order chi connectivity index (χ1) is 12.0. The van der Waals surface area contributed by atoms with Gasteiger partial charge in [-0.05, 0) is 44.0 Å². The minimum Gasteiger partial charge on any atom is -0.327 e. The molecule has 3 N–H and O–H groups in total. The Bertz CT molecular complexity index is 856. The minimum atomic E-state index is -0.488. The molecule has 1 atom stereocenters. The number of rotatable bonds is 3. The van der Waals surface area contributed by atoms with Gasteiger partial charge in [-0.1, -0.05) is 42.0 Å². The predicted octanol–water partition coefficient (Wildman–Crippen LogP) is 3.57. The second-order valence-electron chi connectivity index (χ2n) is 6.25. The number of anilines is 1. The molecule has 0 fully saturated rings. The van der Waals surface area contributed by atoms with Crippen LogP contribution in [0.2, 0.25) is 0 Å². The number of aryl methyl sites for hydroxylation is 2. The fourth-order valence-corrected chi connectivity index (χ4v) is 3.10. The number of hydrogen-bond donors (Lipinski definition) is 3. The molecule has 0 spiro atoms. The number of carbonyl (C=O) groups is 2. The molecule has 0 unspecified atom stereocenters. The van der Waals surface area contributed by atoms with Crippen LogP contribution in [0.4, 0.5) is 10.5 Å². The second-order valence-corrected chi connectivity index (χ2v) is 6.25. The molecule has 1 heterocycles. The maximum atomic E-state index is 12.9. The zero-order valence-corrected chi connectivity index (χ0v) is 14.5. The van der Waals surface area contributed by atoms with Crippen molar-refractivity contribution in [2.24, 2.45) is 0 Å². The maximum Gasteiger partial charge on any atom is 0.319 e. The van der Waals surface area contributed by atoms with E-state index in [1.165, 1.54) is 0 Å². The lowest BCUT2D eigenvalue weighted by molar-refractivity contribution is -0.113. The van der Waals surface area contributed by atoms with Crippen molar-refractivity contribution in [1.29, 1.82) is 0 Å². The molecule has 1 aliphatic rings. The Morgan fingerprint density at radius 2 is 1.76 bits per heavy atom. The average molecular weight is 335 g/mol. The third-order valence-corrected chi connectivity index (χ3v) is 4.28. The number of carbonyl (C=O) groups excluding carboxylic acids is 2. The van der Waals surface area contributed by atoms with Crippen LogP contribution in [0.3, 0.4) is 0 Å². The van der Waals surface area contributed by atoms with E-state index in [4.69, 9.17) is 0 Å². The summed E-state index contributed by atoms with van der Waals surface area (Å²) in [6.45, 7) is 5.75. The molecular formula is C20H21N3O2. The zero-order valence-electron chi connectivity index (χ0n) is 14.5. The van der Waals surface area contributed by atoms with Crippen LogP contribution < -0.4 is 16.0 Å². The van der Waals surface area contributed by atoms with Crippen molar-refractivity contribution in [2.45, 2.75) is 26.8 Å². The van der Waals surface area contributed by atoms with Gasteiger partial charge in [-0.2, -0.15) is 0 Å². The van der Waals surface area contributed by atoms with E-state index in [-0.39, 0.29) is 11.9 Å². The van der Waals surface area contributed by atoms with Gasteiger partial charge >= 0.3 is 6.03 Å². The van der Waals surface area contributed by atoms with E-state index in [2.05, 4.69) is 16.0 Å². The smallest absolute Gasteiger partial charge is 0.319 e. The molecule has 128 valence electrons. The fraction of sp³-hybridized carbons (Fsp3) is 0.200. The zero-order chi connectivity index (χ0) is 18.0. The van der Waals surface area contributed by atoms with E-state index >= 15 is 0 Å². The van der Waals surface area contributed by atoms with Crippen LogP contribution in [-0.4, -0.2) is 11.9 Å². The average Bonchev–Trinajstić information content (AvgIpc) is 2.54. The van der Waals surface area contributed by atoms with Gasteiger partial charge in [-0.3, -0.25) is 4.79 Å². The third-order valence-electron chi connectivity index (χ3n) is 4.28. The van der Waals surface area contributed by atoms with Gasteiger partial charge in [0.15, 0.2) is 0 Å². The van der Waals surface area contributed by atoms with Gasteiger partial charge in [0.2, 0.25) is 0 Å². The molecule has 0 aliphatic carbocycles. The highest BCUT2D eigenvalue weighted by molar-refractivity contribution is 6.06. The summed E-state index contributed by atoms with van der Waals surface area (Å²) in [5.41, 5.74) is 4.86. The molecule has 2 aromatic rings. The number of para-hydroxylation sites is 1. The van der Waals surface area contributed by atoms with E-state index in [0.29, 0.717) is 17.0 Å². The van der Waals surface area contributed by atoms with Crippen molar-refractivity contribution in [3.05, 3.63) is 76.5 Å². The van der Waals surface area contributed by atoms with E-state index in [0.717, 1.165) is 16.7 Å². The Hall–Kier alpha value is -3.08. The number of benzene rings is 2. The van der Waals surface area contributed by atoms with E-state index < -0.39 is 6.04 Å². The summed E-state index contributed by atoms with van der Waals surface area (Å²) < 4.78 is 0. The normalized spacial score (nSPS) is 16.9. The molecule has 3 amide bonds. The standard InChI is InChI=1S/C20H21N3O2/c1-12-9-10-16(13(2)11-12)18-17(14(3)21-20(25)23-18)19(24)22-15-7-5-4-6-8-15/h4-11,18H,1-3H3,(H,22,24)(H2,21,23,25)/t18-/m0/s1. The first kappa shape index (κ1) is 16.8. The molecule has 5 heteroatoms. The van der Waals surface area contributed by atoms with Crippen LogP contribution >= 0.6 is 0 Å². The third kappa shape index (κ3) is 3.55. The van der Waals surface area contributed by atoms with Gasteiger partial charge in [0.25, 0.3) is 5.91 Å². The van der Waals surface area contributed by atoms with Crippen molar-refractivity contribution in [1.82, 2.24) is 10.6 Å². The van der Waals surface area contributed by atoms with Gasteiger partial charge in [0.05, 0.1) is 11.6 Å². The van der Waals surface area contributed by atoms with Crippen LogP contribution in [0, 0.1) is 13.8 Å².